The van der Waals surface area contributed by atoms with E-state index in [0.717, 1.165) is 5.75 Å². The van der Waals surface area contributed by atoms with Gasteiger partial charge >= 0.3 is 6.03 Å². The molecule has 0 aromatic carbocycles. The molecule has 1 unspecified atom stereocenters. The molecule has 0 radical (unpaired) electrons. The predicted molar refractivity (Wildman–Crippen MR) is 62.8 cm³/mol. The molecule has 15 heavy (non-hydrogen) atoms. The quantitative estimate of drug-likeness (QED) is 0.571. The molecular formula is C9H19N3O2S. The van der Waals surface area contributed by atoms with Crippen LogP contribution in [-0.4, -0.2) is 37.0 Å². The van der Waals surface area contributed by atoms with Crippen LogP contribution >= 0.6 is 11.8 Å². The third kappa shape index (κ3) is 8.26. The van der Waals surface area contributed by atoms with E-state index in [9.17, 15) is 9.59 Å². The van der Waals surface area contributed by atoms with Crippen LogP contribution in [0.25, 0.3) is 0 Å². The van der Waals surface area contributed by atoms with Gasteiger partial charge in [0.15, 0.2) is 0 Å². The van der Waals surface area contributed by atoms with Crippen LogP contribution in [0.3, 0.4) is 0 Å². The number of urea groups is 1. The van der Waals surface area contributed by atoms with Gasteiger partial charge in [0.2, 0.25) is 5.91 Å². The normalized spacial score (nSPS) is 11.9. The van der Waals surface area contributed by atoms with Crippen molar-refractivity contribution in [3.8, 4) is 0 Å². The van der Waals surface area contributed by atoms with Gasteiger partial charge in [-0.2, -0.15) is 11.8 Å². The Morgan fingerprint density at radius 3 is 2.67 bits per heavy atom. The molecule has 0 aromatic rings. The summed E-state index contributed by atoms with van der Waals surface area (Å²) in [5.74, 6) is 1.89. The first-order valence-corrected chi connectivity index (χ1v) is 6.05. The SMILES string of the molecule is CNC(=O)NC(=O)CCSCC(C)CN. The minimum absolute atomic E-state index is 0.248. The van der Waals surface area contributed by atoms with Gasteiger partial charge in [-0.1, -0.05) is 6.92 Å². The predicted octanol–water partition coefficient (Wildman–Crippen LogP) is 0.160. The fourth-order valence-corrected chi connectivity index (χ4v) is 1.80. The number of imide groups is 1. The molecule has 0 heterocycles. The maximum Gasteiger partial charge on any atom is 0.321 e. The van der Waals surface area contributed by atoms with Crippen molar-refractivity contribution < 1.29 is 9.59 Å². The minimum atomic E-state index is -0.458. The summed E-state index contributed by atoms with van der Waals surface area (Å²) in [7, 11) is 1.47. The van der Waals surface area contributed by atoms with Crippen LogP contribution in [0.4, 0.5) is 4.79 Å². The highest BCUT2D eigenvalue weighted by molar-refractivity contribution is 7.99. The van der Waals surface area contributed by atoms with Gasteiger partial charge in [-0.05, 0) is 18.2 Å². The zero-order valence-electron chi connectivity index (χ0n) is 9.21. The molecule has 0 aliphatic carbocycles. The molecule has 0 spiro atoms. The Hall–Kier alpha value is -0.750. The first-order valence-electron chi connectivity index (χ1n) is 4.89. The molecule has 0 saturated heterocycles. The second-order valence-electron chi connectivity index (χ2n) is 3.29. The molecule has 0 aliphatic rings. The molecule has 3 amide bonds. The zero-order chi connectivity index (χ0) is 11.7. The standard InChI is InChI=1S/C9H19N3O2S/c1-7(5-10)6-15-4-3-8(13)12-9(14)11-2/h7H,3-6,10H2,1-2H3,(H2,11,12,13,14). The maximum absolute atomic E-state index is 11.1. The summed E-state index contributed by atoms with van der Waals surface area (Å²) in [6, 6.07) is -0.458. The van der Waals surface area contributed by atoms with Crippen LogP contribution in [0.1, 0.15) is 13.3 Å². The maximum atomic E-state index is 11.1. The molecule has 0 rings (SSSR count). The Kier molecular flexibility index (Phi) is 8.12. The first-order chi connectivity index (χ1) is 7.10. The number of rotatable bonds is 6. The number of thioether (sulfide) groups is 1. The van der Waals surface area contributed by atoms with Gasteiger partial charge in [0.25, 0.3) is 0 Å². The third-order valence-electron chi connectivity index (χ3n) is 1.76. The number of carbonyl (C=O) groups is 2. The summed E-state index contributed by atoms with van der Waals surface area (Å²) >= 11 is 1.68. The van der Waals surface area contributed by atoms with E-state index in [1.807, 2.05) is 0 Å². The topological polar surface area (TPSA) is 84.2 Å². The smallest absolute Gasteiger partial charge is 0.321 e. The van der Waals surface area contributed by atoms with Crippen LogP contribution in [0.15, 0.2) is 0 Å². The minimum Gasteiger partial charge on any atom is -0.341 e. The fourth-order valence-electron chi connectivity index (χ4n) is 0.769. The highest BCUT2D eigenvalue weighted by Gasteiger charge is 2.05. The van der Waals surface area contributed by atoms with Gasteiger partial charge in [-0.25, -0.2) is 4.79 Å². The summed E-state index contributed by atoms with van der Waals surface area (Å²) in [4.78, 5) is 21.9. The van der Waals surface area contributed by atoms with Crippen molar-refractivity contribution >= 4 is 23.7 Å². The Bertz CT molecular complexity index is 212. The first kappa shape index (κ1) is 14.2. The summed E-state index contributed by atoms with van der Waals surface area (Å²) in [6.45, 7) is 2.73. The lowest BCUT2D eigenvalue weighted by Crippen LogP contribution is -2.37. The van der Waals surface area contributed by atoms with Gasteiger partial charge in [0, 0.05) is 19.2 Å². The molecule has 88 valence electrons. The van der Waals surface area contributed by atoms with Crippen molar-refractivity contribution in [3.05, 3.63) is 0 Å². The number of nitrogens with one attached hydrogen (secondary N) is 2. The Morgan fingerprint density at radius 1 is 1.47 bits per heavy atom. The van der Waals surface area contributed by atoms with E-state index < -0.39 is 6.03 Å². The van der Waals surface area contributed by atoms with Gasteiger partial charge in [-0.3, -0.25) is 10.1 Å². The van der Waals surface area contributed by atoms with Crippen molar-refractivity contribution in [2.45, 2.75) is 13.3 Å². The molecule has 1 atom stereocenters. The molecule has 0 bridgehead atoms. The molecular weight excluding hydrogens is 214 g/mol. The van der Waals surface area contributed by atoms with Gasteiger partial charge < -0.3 is 11.1 Å². The highest BCUT2D eigenvalue weighted by Crippen LogP contribution is 2.08. The van der Waals surface area contributed by atoms with E-state index >= 15 is 0 Å². The Morgan fingerprint density at radius 2 is 2.13 bits per heavy atom. The van der Waals surface area contributed by atoms with Crippen LogP contribution in [0.5, 0.6) is 0 Å². The number of hydrogen-bond donors (Lipinski definition) is 3. The largest absolute Gasteiger partial charge is 0.341 e. The van der Waals surface area contributed by atoms with Crippen LogP contribution in [0.2, 0.25) is 0 Å². The number of hydrogen-bond acceptors (Lipinski definition) is 4. The molecule has 0 aromatic heterocycles. The lowest BCUT2D eigenvalue weighted by Gasteiger charge is -2.07. The van der Waals surface area contributed by atoms with Crippen molar-refractivity contribution in [2.75, 3.05) is 25.1 Å². The number of carbonyl (C=O) groups excluding carboxylic acids is 2. The summed E-state index contributed by atoms with van der Waals surface area (Å²) in [6.07, 6.45) is 0.357. The van der Waals surface area contributed by atoms with Crippen LogP contribution in [-0.2, 0) is 4.79 Å². The zero-order valence-corrected chi connectivity index (χ0v) is 10.0. The fraction of sp³-hybridized carbons (Fsp3) is 0.778. The average Bonchev–Trinajstić information content (AvgIpc) is 2.23. The summed E-state index contributed by atoms with van der Waals surface area (Å²) in [5, 5.41) is 4.52. The van der Waals surface area contributed by atoms with Gasteiger partial charge in [0.05, 0.1) is 0 Å². The van der Waals surface area contributed by atoms with Crippen molar-refractivity contribution in [1.82, 2.24) is 10.6 Å². The lowest BCUT2D eigenvalue weighted by molar-refractivity contribution is -0.119. The molecule has 0 fully saturated rings. The third-order valence-corrected chi connectivity index (χ3v) is 3.06. The van der Waals surface area contributed by atoms with Gasteiger partial charge in [-0.15, -0.1) is 0 Å². The van der Waals surface area contributed by atoms with E-state index in [1.165, 1.54) is 7.05 Å². The van der Waals surface area contributed by atoms with Crippen molar-refractivity contribution in [2.24, 2.45) is 11.7 Å². The van der Waals surface area contributed by atoms with Crippen molar-refractivity contribution in [3.63, 3.8) is 0 Å². The van der Waals surface area contributed by atoms with E-state index in [-0.39, 0.29) is 5.91 Å². The van der Waals surface area contributed by atoms with E-state index in [1.54, 1.807) is 11.8 Å². The average molecular weight is 233 g/mol. The van der Waals surface area contributed by atoms with E-state index in [0.29, 0.717) is 24.6 Å². The summed E-state index contributed by atoms with van der Waals surface area (Å²) < 4.78 is 0. The monoisotopic (exact) mass is 233 g/mol. The van der Waals surface area contributed by atoms with Gasteiger partial charge in [0.1, 0.15) is 0 Å². The Labute approximate surface area is 94.5 Å². The van der Waals surface area contributed by atoms with E-state index in [4.69, 9.17) is 5.73 Å². The molecule has 5 nitrogen and oxygen atoms in total. The lowest BCUT2D eigenvalue weighted by atomic mass is 10.2. The van der Waals surface area contributed by atoms with Crippen LogP contribution < -0.4 is 16.4 Å². The van der Waals surface area contributed by atoms with Crippen molar-refractivity contribution in [1.29, 1.82) is 0 Å². The number of amides is 3. The summed E-state index contributed by atoms with van der Waals surface area (Å²) in [5.41, 5.74) is 5.45. The molecule has 0 saturated carbocycles. The number of nitrogens with two attached hydrogens (primary N) is 1. The van der Waals surface area contributed by atoms with Crippen LogP contribution in [0, 0.1) is 5.92 Å². The molecule has 0 aliphatic heterocycles. The van der Waals surface area contributed by atoms with E-state index in [2.05, 4.69) is 17.6 Å². The molecule has 4 N–H and O–H groups in total. The second kappa shape index (κ2) is 8.55. The second-order valence-corrected chi connectivity index (χ2v) is 4.44. The molecule has 6 heteroatoms. The Balaban J connectivity index is 3.43. The highest BCUT2D eigenvalue weighted by atomic mass is 32.2.